The number of aryl methyl sites for hydroxylation is 1. The number of rotatable bonds is 8. The van der Waals surface area contributed by atoms with Crippen molar-refractivity contribution in [3.05, 3.63) is 83.2 Å². The van der Waals surface area contributed by atoms with Gasteiger partial charge in [0, 0.05) is 37.3 Å². The highest BCUT2D eigenvalue weighted by Crippen LogP contribution is 2.38. The summed E-state index contributed by atoms with van der Waals surface area (Å²) in [4.78, 5) is 37.9. The summed E-state index contributed by atoms with van der Waals surface area (Å²) in [6.45, 7) is 6.70. The van der Waals surface area contributed by atoms with Crippen LogP contribution in [0.25, 0.3) is 10.8 Å². The van der Waals surface area contributed by atoms with Gasteiger partial charge in [0.05, 0.1) is 23.8 Å². The van der Waals surface area contributed by atoms with Crippen molar-refractivity contribution in [3.8, 4) is 5.75 Å². The summed E-state index contributed by atoms with van der Waals surface area (Å²) in [5, 5.41) is 11.3. The minimum Gasteiger partial charge on any atom is -0.493 e. The molecule has 1 atom stereocenters. The lowest BCUT2D eigenvalue weighted by molar-refractivity contribution is -0.141. The number of carboxylic acids is 1. The molecule has 1 N–H and O–H groups in total. The van der Waals surface area contributed by atoms with Gasteiger partial charge in [-0.3, -0.25) is 9.59 Å². The second-order valence-electron chi connectivity index (χ2n) is 9.93. The van der Waals surface area contributed by atoms with E-state index in [0.29, 0.717) is 37.4 Å². The number of carboxylic acid groups (broad SMARTS) is 1. The van der Waals surface area contributed by atoms with Crippen LogP contribution in [0.15, 0.2) is 60.8 Å². The Labute approximate surface area is 227 Å². The molecular formula is C31H32N4O4. The van der Waals surface area contributed by atoms with Crippen LogP contribution in [-0.2, 0) is 17.6 Å². The second-order valence-corrected chi connectivity index (χ2v) is 9.93. The number of amides is 1. The monoisotopic (exact) mass is 524 g/mol. The van der Waals surface area contributed by atoms with Crippen molar-refractivity contribution in [1.82, 2.24) is 9.97 Å². The Morgan fingerprint density at radius 2 is 1.85 bits per heavy atom. The Morgan fingerprint density at radius 3 is 2.59 bits per heavy atom. The normalized spacial score (nSPS) is 13.6. The summed E-state index contributed by atoms with van der Waals surface area (Å²) < 4.78 is 6.19. The van der Waals surface area contributed by atoms with E-state index in [0.717, 1.165) is 44.8 Å². The van der Waals surface area contributed by atoms with Crippen molar-refractivity contribution in [1.29, 1.82) is 0 Å². The first-order chi connectivity index (χ1) is 18.8. The number of ether oxygens (including phenoxy) is 1. The number of pyridine rings is 2. The molecule has 0 aliphatic carbocycles. The first-order valence-corrected chi connectivity index (χ1v) is 13.2. The van der Waals surface area contributed by atoms with Crippen LogP contribution in [0.4, 0.5) is 17.3 Å². The van der Waals surface area contributed by atoms with Gasteiger partial charge in [-0.1, -0.05) is 37.3 Å². The molecule has 1 unspecified atom stereocenters. The minimum atomic E-state index is -0.809. The van der Waals surface area contributed by atoms with Gasteiger partial charge in [0.2, 0.25) is 0 Å². The van der Waals surface area contributed by atoms with Crippen molar-refractivity contribution in [2.75, 3.05) is 30.0 Å². The third-order valence-corrected chi connectivity index (χ3v) is 7.21. The molecule has 1 amide bonds. The minimum absolute atomic E-state index is 0.125. The number of hydrogen-bond acceptors (Lipinski definition) is 6. The fourth-order valence-corrected chi connectivity index (χ4v) is 5.03. The predicted molar refractivity (Wildman–Crippen MR) is 152 cm³/mol. The first-order valence-electron chi connectivity index (χ1n) is 13.2. The van der Waals surface area contributed by atoms with Crippen LogP contribution in [-0.4, -0.2) is 47.2 Å². The van der Waals surface area contributed by atoms with Crippen LogP contribution in [0, 0.1) is 12.8 Å². The molecule has 2 aromatic carbocycles. The van der Waals surface area contributed by atoms with Crippen molar-refractivity contribution in [3.63, 3.8) is 0 Å². The molecule has 0 bridgehead atoms. The Morgan fingerprint density at radius 1 is 1.08 bits per heavy atom. The highest BCUT2D eigenvalue weighted by Gasteiger charge is 2.30. The number of carbonyl (C=O) groups is 2. The van der Waals surface area contributed by atoms with Gasteiger partial charge in [-0.2, -0.15) is 0 Å². The van der Waals surface area contributed by atoms with E-state index in [1.54, 1.807) is 25.1 Å². The third-order valence-electron chi connectivity index (χ3n) is 7.21. The molecule has 8 nitrogen and oxygen atoms in total. The zero-order chi connectivity index (χ0) is 27.7. The Bertz CT molecular complexity index is 1570. The summed E-state index contributed by atoms with van der Waals surface area (Å²) in [7, 11) is 1.77. The van der Waals surface area contributed by atoms with E-state index in [1.807, 2.05) is 73.3 Å². The lowest BCUT2D eigenvalue weighted by Crippen LogP contribution is -2.25. The molecule has 5 rings (SSSR count). The van der Waals surface area contributed by atoms with Crippen LogP contribution in [0.1, 0.15) is 41.0 Å². The van der Waals surface area contributed by atoms with Crippen LogP contribution in [0.5, 0.6) is 5.75 Å². The maximum atomic E-state index is 13.5. The van der Waals surface area contributed by atoms with E-state index in [-0.39, 0.29) is 5.91 Å². The fraction of sp³-hybridized carbons (Fsp3) is 0.290. The van der Waals surface area contributed by atoms with Gasteiger partial charge in [0.1, 0.15) is 11.6 Å². The summed E-state index contributed by atoms with van der Waals surface area (Å²) in [6.07, 6.45) is 2.82. The molecule has 200 valence electrons. The number of nitrogens with zero attached hydrogens (tertiary/aromatic N) is 4. The van der Waals surface area contributed by atoms with E-state index in [9.17, 15) is 14.7 Å². The van der Waals surface area contributed by atoms with E-state index in [1.165, 1.54) is 0 Å². The van der Waals surface area contributed by atoms with E-state index in [4.69, 9.17) is 14.7 Å². The average Bonchev–Trinajstić information content (AvgIpc) is 3.02. The van der Waals surface area contributed by atoms with Gasteiger partial charge in [0.15, 0.2) is 5.82 Å². The highest BCUT2D eigenvalue weighted by atomic mass is 16.5. The number of hydrogen-bond donors (Lipinski definition) is 1. The number of benzene rings is 2. The maximum absolute atomic E-state index is 13.5. The lowest BCUT2D eigenvalue weighted by atomic mass is 9.95. The lowest BCUT2D eigenvalue weighted by Gasteiger charge is -2.23. The van der Waals surface area contributed by atoms with Gasteiger partial charge in [-0.25, -0.2) is 9.97 Å². The summed E-state index contributed by atoms with van der Waals surface area (Å²) in [5.41, 5.74) is 4.05. The number of aliphatic carboxylic acids is 1. The van der Waals surface area contributed by atoms with Crippen LogP contribution in [0.2, 0.25) is 0 Å². The quantitative estimate of drug-likeness (QED) is 0.322. The third kappa shape index (κ3) is 5.02. The molecule has 4 aromatic rings. The Kier molecular flexibility index (Phi) is 7.19. The van der Waals surface area contributed by atoms with E-state index in [2.05, 4.69) is 0 Å². The van der Waals surface area contributed by atoms with Gasteiger partial charge in [-0.05, 0) is 61.0 Å². The van der Waals surface area contributed by atoms with Crippen LogP contribution < -0.4 is 14.5 Å². The predicted octanol–water partition coefficient (Wildman–Crippen LogP) is 5.57. The maximum Gasteiger partial charge on any atom is 0.306 e. The first kappa shape index (κ1) is 26.2. The smallest absolute Gasteiger partial charge is 0.306 e. The number of carbonyl (C=O) groups excluding carboxylic acids is 1. The fourth-order valence-electron chi connectivity index (χ4n) is 5.03. The summed E-state index contributed by atoms with van der Waals surface area (Å²) >= 11 is 0. The molecule has 0 fully saturated rings. The second kappa shape index (κ2) is 10.7. The zero-order valence-electron chi connectivity index (χ0n) is 22.6. The largest absolute Gasteiger partial charge is 0.493 e. The van der Waals surface area contributed by atoms with E-state index < -0.39 is 11.9 Å². The van der Waals surface area contributed by atoms with Crippen molar-refractivity contribution >= 4 is 40.0 Å². The molecule has 8 heteroatoms. The average molecular weight is 525 g/mol. The molecule has 0 saturated carbocycles. The molecule has 0 saturated heterocycles. The van der Waals surface area contributed by atoms with Gasteiger partial charge in [0.25, 0.3) is 5.91 Å². The van der Waals surface area contributed by atoms with Crippen LogP contribution in [0.3, 0.4) is 0 Å². The SMILES string of the molecule is CCN1c2ncc(CCOc3ccc(CC(C)C(=O)O)c4ccccc34)cc2C(=O)N(C)c2ccc(C)nc21. The Balaban J connectivity index is 1.37. The van der Waals surface area contributed by atoms with Gasteiger partial charge in [-0.15, -0.1) is 0 Å². The number of aromatic nitrogens is 2. The molecule has 0 spiro atoms. The summed E-state index contributed by atoms with van der Waals surface area (Å²) in [6, 6.07) is 17.5. The topological polar surface area (TPSA) is 95.9 Å². The van der Waals surface area contributed by atoms with Crippen molar-refractivity contribution in [2.45, 2.75) is 33.6 Å². The van der Waals surface area contributed by atoms with Gasteiger partial charge >= 0.3 is 5.97 Å². The number of fused-ring (bicyclic) bond motifs is 3. The molecule has 0 radical (unpaired) electrons. The highest BCUT2D eigenvalue weighted by molar-refractivity contribution is 6.12. The summed E-state index contributed by atoms with van der Waals surface area (Å²) in [5.74, 6) is 0.664. The molecule has 2 aromatic heterocycles. The zero-order valence-corrected chi connectivity index (χ0v) is 22.6. The molecular weight excluding hydrogens is 492 g/mol. The van der Waals surface area contributed by atoms with Crippen molar-refractivity contribution < 1.29 is 19.4 Å². The molecule has 39 heavy (non-hydrogen) atoms. The van der Waals surface area contributed by atoms with Gasteiger partial charge < -0.3 is 19.6 Å². The van der Waals surface area contributed by atoms with Crippen LogP contribution >= 0.6 is 0 Å². The number of anilines is 3. The molecule has 1 aliphatic rings. The van der Waals surface area contributed by atoms with E-state index >= 15 is 0 Å². The Hall–Kier alpha value is -4.46. The van der Waals surface area contributed by atoms with Crippen molar-refractivity contribution in [2.24, 2.45) is 5.92 Å². The standard InChI is InChI=1S/C31H32N4O4/c1-5-35-28-25(30(36)34(4)26-12-10-20(3)33-29(26)35)17-21(18-32-28)14-15-39-27-13-11-22(16-19(2)31(37)38)23-8-6-7-9-24(23)27/h6-13,17-19H,5,14-16H2,1-4H3,(H,37,38). The molecule has 3 heterocycles. The molecule has 1 aliphatic heterocycles.